The molecule has 4 heterocycles. The van der Waals surface area contributed by atoms with Gasteiger partial charge in [0.25, 0.3) is 0 Å². The number of anilines is 1. The van der Waals surface area contributed by atoms with Crippen LogP contribution in [0.5, 0.6) is 0 Å². The maximum Gasteiger partial charge on any atom is 0.186 e. The molecule has 6 heteroatoms. The van der Waals surface area contributed by atoms with Crippen LogP contribution in [0.4, 0.5) is 5.13 Å². The standard InChI is InChI=1S/C20H23N5S/c1-2-7-24(8-3-1)17-6-9-25(13-17)20-23-18-5-4-15(10-19(18)26-20)16-11-21-14-22-12-16/h4-5,10-12,14,17H,1-3,6-9,13H2/t17-/m1/s1. The summed E-state index contributed by atoms with van der Waals surface area (Å²) in [5, 5.41) is 1.17. The molecule has 0 unspecified atom stereocenters. The lowest BCUT2D eigenvalue weighted by molar-refractivity contribution is 0.175. The smallest absolute Gasteiger partial charge is 0.186 e. The first-order valence-corrected chi connectivity index (χ1v) is 10.3. The summed E-state index contributed by atoms with van der Waals surface area (Å²) in [5.74, 6) is 0. The largest absolute Gasteiger partial charge is 0.346 e. The molecule has 3 aromatic rings. The first kappa shape index (κ1) is 16.1. The molecule has 2 fully saturated rings. The van der Waals surface area contributed by atoms with Gasteiger partial charge in [-0.3, -0.25) is 4.90 Å². The quantitative estimate of drug-likeness (QED) is 0.706. The molecule has 1 atom stereocenters. The summed E-state index contributed by atoms with van der Waals surface area (Å²) < 4.78 is 1.24. The molecular formula is C20H23N5S. The average Bonchev–Trinajstić information content (AvgIpc) is 3.36. The number of thiazole rings is 1. The van der Waals surface area contributed by atoms with Gasteiger partial charge in [0.15, 0.2) is 5.13 Å². The van der Waals surface area contributed by atoms with Crippen LogP contribution >= 0.6 is 11.3 Å². The van der Waals surface area contributed by atoms with Crippen LogP contribution in [0.1, 0.15) is 25.7 Å². The van der Waals surface area contributed by atoms with Crippen LogP contribution in [0.25, 0.3) is 21.3 Å². The Morgan fingerprint density at radius 1 is 0.962 bits per heavy atom. The van der Waals surface area contributed by atoms with Gasteiger partial charge in [0, 0.05) is 37.1 Å². The van der Waals surface area contributed by atoms with E-state index in [9.17, 15) is 0 Å². The molecule has 0 N–H and O–H groups in total. The summed E-state index contributed by atoms with van der Waals surface area (Å²) >= 11 is 1.81. The number of likely N-dealkylation sites (tertiary alicyclic amines) is 1. The predicted octanol–water partition coefficient (Wildman–Crippen LogP) is 3.82. The van der Waals surface area contributed by atoms with Crippen LogP contribution in [-0.2, 0) is 0 Å². The van der Waals surface area contributed by atoms with Crippen LogP contribution in [0.15, 0.2) is 36.9 Å². The Labute approximate surface area is 157 Å². The fourth-order valence-electron chi connectivity index (χ4n) is 4.17. The third-order valence-electron chi connectivity index (χ3n) is 5.61. The number of fused-ring (bicyclic) bond motifs is 1. The highest BCUT2D eigenvalue weighted by Crippen LogP contribution is 2.34. The van der Waals surface area contributed by atoms with Crippen LogP contribution in [-0.4, -0.2) is 52.1 Å². The zero-order chi connectivity index (χ0) is 17.3. The Morgan fingerprint density at radius 2 is 1.81 bits per heavy atom. The van der Waals surface area contributed by atoms with E-state index in [1.165, 1.54) is 48.6 Å². The topological polar surface area (TPSA) is 45.2 Å². The zero-order valence-electron chi connectivity index (χ0n) is 14.8. The Bertz CT molecular complexity index is 888. The van der Waals surface area contributed by atoms with Gasteiger partial charge in [0.1, 0.15) is 6.33 Å². The maximum atomic E-state index is 4.90. The minimum Gasteiger partial charge on any atom is -0.346 e. The zero-order valence-corrected chi connectivity index (χ0v) is 15.7. The van der Waals surface area contributed by atoms with E-state index in [0.717, 1.165) is 29.7 Å². The lowest BCUT2D eigenvalue weighted by atomic mass is 10.1. The fraction of sp³-hybridized carbons (Fsp3) is 0.450. The molecule has 1 aromatic carbocycles. The summed E-state index contributed by atoms with van der Waals surface area (Å²) in [6.45, 7) is 4.81. The van der Waals surface area contributed by atoms with Gasteiger partial charge in [-0.25, -0.2) is 15.0 Å². The van der Waals surface area contributed by atoms with Gasteiger partial charge in [-0.05, 0) is 50.0 Å². The van der Waals surface area contributed by atoms with Crippen LogP contribution in [0, 0.1) is 0 Å². The van der Waals surface area contributed by atoms with Crippen molar-refractivity contribution in [1.82, 2.24) is 19.9 Å². The van der Waals surface area contributed by atoms with Gasteiger partial charge < -0.3 is 4.90 Å². The second kappa shape index (κ2) is 6.93. The van der Waals surface area contributed by atoms with Crippen LogP contribution in [0.3, 0.4) is 0 Å². The van der Waals surface area contributed by atoms with Gasteiger partial charge in [-0.1, -0.05) is 23.8 Å². The number of nitrogens with zero attached hydrogens (tertiary/aromatic N) is 5. The molecule has 2 saturated heterocycles. The highest BCUT2D eigenvalue weighted by Gasteiger charge is 2.29. The van der Waals surface area contributed by atoms with Crippen molar-refractivity contribution in [1.29, 1.82) is 0 Å². The van der Waals surface area contributed by atoms with Crippen molar-refractivity contribution in [3.63, 3.8) is 0 Å². The van der Waals surface area contributed by atoms with Crippen molar-refractivity contribution in [2.75, 3.05) is 31.1 Å². The van der Waals surface area contributed by atoms with Crippen molar-refractivity contribution in [2.24, 2.45) is 0 Å². The fourth-order valence-corrected chi connectivity index (χ4v) is 5.21. The molecular weight excluding hydrogens is 342 g/mol. The van der Waals surface area contributed by atoms with Crippen molar-refractivity contribution in [3.05, 3.63) is 36.9 Å². The number of rotatable bonds is 3. The van der Waals surface area contributed by atoms with Crippen molar-refractivity contribution in [2.45, 2.75) is 31.7 Å². The van der Waals surface area contributed by atoms with Crippen molar-refractivity contribution < 1.29 is 0 Å². The molecule has 5 nitrogen and oxygen atoms in total. The average molecular weight is 366 g/mol. The Kier molecular flexibility index (Phi) is 4.30. The summed E-state index contributed by atoms with van der Waals surface area (Å²) in [6, 6.07) is 7.16. The molecule has 2 aliphatic rings. The molecule has 134 valence electrons. The summed E-state index contributed by atoms with van der Waals surface area (Å²) in [4.78, 5) is 18.3. The van der Waals surface area contributed by atoms with E-state index in [0.29, 0.717) is 6.04 Å². The van der Waals surface area contributed by atoms with Gasteiger partial charge in [0.2, 0.25) is 0 Å². The summed E-state index contributed by atoms with van der Waals surface area (Å²) in [6.07, 6.45) is 10.7. The molecule has 2 aliphatic heterocycles. The van der Waals surface area contributed by atoms with Gasteiger partial charge in [0.05, 0.1) is 10.2 Å². The first-order chi connectivity index (χ1) is 12.9. The predicted molar refractivity (Wildman–Crippen MR) is 107 cm³/mol. The minimum atomic E-state index is 0.708. The molecule has 0 radical (unpaired) electrons. The molecule has 0 spiro atoms. The molecule has 5 rings (SSSR count). The van der Waals surface area contributed by atoms with E-state index in [1.807, 2.05) is 23.7 Å². The Balaban J connectivity index is 1.36. The minimum absolute atomic E-state index is 0.708. The second-order valence-electron chi connectivity index (χ2n) is 7.29. The van der Waals surface area contributed by atoms with E-state index in [2.05, 4.69) is 38.0 Å². The van der Waals surface area contributed by atoms with Gasteiger partial charge >= 0.3 is 0 Å². The normalized spacial score (nSPS) is 21.5. The first-order valence-electron chi connectivity index (χ1n) is 9.52. The van der Waals surface area contributed by atoms with E-state index in [4.69, 9.17) is 4.98 Å². The van der Waals surface area contributed by atoms with Crippen LogP contribution in [0.2, 0.25) is 0 Å². The number of piperidine rings is 1. The summed E-state index contributed by atoms with van der Waals surface area (Å²) in [7, 11) is 0. The van der Waals surface area contributed by atoms with E-state index in [-0.39, 0.29) is 0 Å². The SMILES string of the molecule is c1ncc(-c2ccc3nc(N4CC[C@@H](N5CCCCC5)C4)sc3c2)cn1. The van der Waals surface area contributed by atoms with Crippen molar-refractivity contribution in [3.8, 4) is 11.1 Å². The molecule has 0 saturated carbocycles. The lowest BCUT2D eigenvalue weighted by Crippen LogP contribution is -2.40. The number of aromatic nitrogens is 3. The maximum absolute atomic E-state index is 4.90. The summed E-state index contributed by atoms with van der Waals surface area (Å²) in [5.41, 5.74) is 3.30. The second-order valence-corrected chi connectivity index (χ2v) is 8.30. The van der Waals surface area contributed by atoms with E-state index >= 15 is 0 Å². The number of hydrogen-bond donors (Lipinski definition) is 0. The number of hydrogen-bond acceptors (Lipinski definition) is 6. The number of benzene rings is 1. The Hall–Kier alpha value is -2.05. The highest BCUT2D eigenvalue weighted by atomic mass is 32.1. The van der Waals surface area contributed by atoms with Crippen molar-refractivity contribution >= 4 is 26.7 Å². The monoisotopic (exact) mass is 365 g/mol. The molecule has 0 aliphatic carbocycles. The molecule has 0 bridgehead atoms. The van der Waals surface area contributed by atoms with E-state index in [1.54, 1.807) is 6.33 Å². The Morgan fingerprint density at radius 3 is 2.65 bits per heavy atom. The molecule has 2 aromatic heterocycles. The van der Waals surface area contributed by atoms with Gasteiger partial charge in [-0.2, -0.15) is 0 Å². The molecule has 0 amide bonds. The third-order valence-corrected chi connectivity index (χ3v) is 6.69. The highest BCUT2D eigenvalue weighted by molar-refractivity contribution is 7.22. The lowest BCUT2D eigenvalue weighted by Gasteiger charge is -2.32. The van der Waals surface area contributed by atoms with E-state index < -0.39 is 0 Å². The van der Waals surface area contributed by atoms with Gasteiger partial charge in [-0.15, -0.1) is 0 Å². The molecule has 26 heavy (non-hydrogen) atoms. The third kappa shape index (κ3) is 3.08. The van der Waals surface area contributed by atoms with Crippen LogP contribution < -0.4 is 4.90 Å².